The first-order valence-corrected chi connectivity index (χ1v) is 18.7. The monoisotopic (exact) mass is 702 g/mol. The van der Waals surface area contributed by atoms with E-state index in [1.807, 2.05) is 23.5 Å². The molecule has 0 N–H and O–H groups in total. The second-order valence-electron chi connectivity index (χ2n) is 13.2. The molecule has 0 amide bonds. The van der Waals surface area contributed by atoms with Crippen LogP contribution in [-0.4, -0.2) is 54.8 Å². The standard InChI is InChI=1S/C34H44Br2N2S2/c1-33(2,3)23-11-13-25-29(19-23)39-31-21-28-32(22-27(31)37(25)17-9-7-15-35)40-30-20-24(34(4,5)6)12-14-26(30)38(28)18-10-8-16-36/h11-14,19-22,29-30H,7-10,15-18H2,1-6H3/q+2. The molecule has 214 valence electrons. The molecule has 0 saturated carbocycles. The Labute approximate surface area is 267 Å². The van der Waals surface area contributed by atoms with E-state index < -0.39 is 0 Å². The second kappa shape index (κ2) is 12.4. The van der Waals surface area contributed by atoms with Crippen LogP contribution in [0.5, 0.6) is 0 Å². The van der Waals surface area contributed by atoms with E-state index in [2.05, 4.69) is 131 Å². The molecule has 5 rings (SSSR count). The van der Waals surface area contributed by atoms with Gasteiger partial charge in [-0.25, -0.2) is 0 Å². The van der Waals surface area contributed by atoms with Crippen molar-refractivity contribution < 1.29 is 9.15 Å². The number of hydrogen-bond donors (Lipinski definition) is 0. The quantitative estimate of drug-likeness (QED) is 0.151. The fourth-order valence-corrected chi connectivity index (χ4v) is 9.11. The summed E-state index contributed by atoms with van der Waals surface area (Å²) in [6.07, 6.45) is 19.3. The van der Waals surface area contributed by atoms with Crippen molar-refractivity contribution in [1.82, 2.24) is 0 Å². The minimum Gasteiger partial charge on any atom is -0.194 e. The van der Waals surface area contributed by atoms with Crippen LogP contribution in [0.1, 0.15) is 67.2 Å². The normalized spacial score (nSPS) is 22.0. The first-order valence-electron chi connectivity index (χ1n) is 14.7. The molecule has 1 aromatic carbocycles. The third kappa shape index (κ3) is 6.40. The van der Waals surface area contributed by atoms with Crippen LogP contribution in [0.3, 0.4) is 0 Å². The van der Waals surface area contributed by atoms with E-state index in [0.717, 1.165) is 23.7 Å². The van der Waals surface area contributed by atoms with Gasteiger partial charge >= 0.3 is 0 Å². The number of thioether (sulfide) groups is 2. The van der Waals surface area contributed by atoms with Gasteiger partial charge in [0.25, 0.3) is 0 Å². The molecule has 2 aliphatic carbocycles. The van der Waals surface area contributed by atoms with Crippen molar-refractivity contribution in [3.05, 3.63) is 59.7 Å². The summed E-state index contributed by atoms with van der Waals surface area (Å²) in [5.74, 6) is 0. The molecule has 40 heavy (non-hydrogen) atoms. The molecule has 4 aliphatic rings. The van der Waals surface area contributed by atoms with E-state index in [1.165, 1.54) is 69.4 Å². The summed E-state index contributed by atoms with van der Waals surface area (Å²) in [4.78, 5) is 2.84. The largest absolute Gasteiger partial charge is 0.220 e. The second-order valence-corrected chi connectivity index (χ2v) is 17.2. The fraction of sp³-hybridized carbons (Fsp3) is 0.529. The summed E-state index contributed by atoms with van der Waals surface area (Å²) in [5.41, 5.74) is 8.86. The minimum atomic E-state index is 0.154. The molecule has 1 aromatic rings. The van der Waals surface area contributed by atoms with Gasteiger partial charge in [-0.2, -0.15) is 9.15 Å². The highest BCUT2D eigenvalue weighted by molar-refractivity contribution is 9.09. The molecule has 2 atom stereocenters. The Morgan fingerprint density at radius 2 is 1.02 bits per heavy atom. The highest BCUT2D eigenvalue weighted by Gasteiger charge is 2.41. The van der Waals surface area contributed by atoms with Gasteiger partial charge in [-0.3, -0.25) is 0 Å². The molecule has 2 aliphatic heterocycles. The Hall–Kier alpha value is -0.820. The topological polar surface area (TPSA) is 6.02 Å². The average molecular weight is 705 g/mol. The van der Waals surface area contributed by atoms with E-state index in [4.69, 9.17) is 0 Å². The maximum absolute atomic E-state index is 3.66. The van der Waals surface area contributed by atoms with Crippen LogP contribution in [0.4, 0.5) is 11.4 Å². The smallest absolute Gasteiger partial charge is 0.194 e. The molecular weight excluding hydrogens is 660 g/mol. The molecule has 6 heteroatoms. The number of nitrogens with zero attached hydrogens (tertiary/aromatic N) is 2. The summed E-state index contributed by atoms with van der Waals surface area (Å²) in [7, 11) is 0. The Kier molecular flexibility index (Phi) is 9.51. The lowest BCUT2D eigenvalue weighted by Gasteiger charge is -2.30. The van der Waals surface area contributed by atoms with E-state index >= 15 is 0 Å². The number of alkyl halides is 2. The number of unbranched alkanes of at least 4 members (excludes halogenated alkanes) is 2. The number of fused-ring (bicyclic) bond motifs is 4. The van der Waals surface area contributed by atoms with Gasteiger partial charge in [-0.1, -0.05) is 97.7 Å². The zero-order chi connectivity index (χ0) is 28.7. The van der Waals surface area contributed by atoms with Crippen molar-refractivity contribution in [2.75, 3.05) is 23.7 Å². The third-order valence-electron chi connectivity index (χ3n) is 8.13. The van der Waals surface area contributed by atoms with Crippen LogP contribution in [-0.2, 0) is 0 Å². The lowest BCUT2D eigenvalue weighted by atomic mass is 9.83. The summed E-state index contributed by atoms with van der Waals surface area (Å²) < 4.78 is 5.27. The Balaban J connectivity index is 1.62. The van der Waals surface area contributed by atoms with Crippen molar-refractivity contribution in [1.29, 1.82) is 0 Å². The number of hydrogen-bond acceptors (Lipinski definition) is 2. The van der Waals surface area contributed by atoms with E-state index in [-0.39, 0.29) is 10.8 Å². The highest BCUT2D eigenvalue weighted by Crippen LogP contribution is 2.49. The minimum absolute atomic E-state index is 0.154. The maximum Gasteiger partial charge on any atom is 0.220 e. The van der Waals surface area contributed by atoms with Crippen molar-refractivity contribution in [2.45, 2.75) is 87.5 Å². The van der Waals surface area contributed by atoms with Gasteiger partial charge in [0.15, 0.2) is 11.4 Å². The number of halogens is 2. The van der Waals surface area contributed by atoms with Crippen LogP contribution in [0.2, 0.25) is 0 Å². The summed E-state index contributed by atoms with van der Waals surface area (Å²) >= 11 is 11.4. The van der Waals surface area contributed by atoms with Gasteiger partial charge in [0.2, 0.25) is 11.4 Å². The number of benzene rings is 1. The van der Waals surface area contributed by atoms with Crippen molar-refractivity contribution in [3.8, 4) is 0 Å². The van der Waals surface area contributed by atoms with Crippen LogP contribution < -0.4 is 0 Å². The van der Waals surface area contributed by atoms with E-state index in [1.54, 1.807) is 0 Å². The van der Waals surface area contributed by atoms with Crippen LogP contribution >= 0.6 is 55.4 Å². The molecule has 0 saturated heterocycles. The molecule has 0 radical (unpaired) electrons. The van der Waals surface area contributed by atoms with Crippen LogP contribution in [0, 0.1) is 10.8 Å². The van der Waals surface area contributed by atoms with Gasteiger partial charge in [0.1, 0.15) is 23.6 Å². The maximum atomic E-state index is 3.66. The van der Waals surface area contributed by atoms with Gasteiger partial charge in [0.05, 0.1) is 9.79 Å². The van der Waals surface area contributed by atoms with Crippen molar-refractivity contribution >= 4 is 78.2 Å². The molecule has 2 unspecified atom stereocenters. The molecule has 0 spiro atoms. The summed E-state index contributed by atoms with van der Waals surface area (Å²) in [5, 5.41) is 2.84. The van der Waals surface area contributed by atoms with Gasteiger partial charge in [0, 0.05) is 47.8 Å². The molecule has 0 bridgehead atoms. The van der Waals surface area contributed by atoms with Gasteiger partial charge in [-0.15, -0.1) is 23.5 Å². The zero-order valence-electron chi connectivity index (χ0n) is 24.9. The molecule has 0 aromatic heterocycles. The Morgan fingerprint density at radius 3 is 1.38 bits per heavy atom. The SMILES string of the molecule is CC(C)(C)C1=CC2Sc3cc4c(cc3[N+](CCCCBr)=C2C=C1)SC1C=C(C(C)(C)C)C=CC1=[N+]4CCCCBr. The fourth-order valence-electron chi connectivity index (χ4n) is 5.75. The molecule has 2 heterocycles. The van der Waals surface area contributed by atoms with Gasteiger partial charge < -0.3 is 0 Å². The first kappa shape index (κ1) is 30.6. The number of allylic oxidation sites excluding steroid dienone is 6. The van der Waals surface area contributed by atoms with E-state index in [9.17, 15) is 0 Å². The first-order chi connectivity index (χ1) is 19.0. The highest BCUT2D eigenvalue weighted by atomic mass is 79.9. The lowest BCUT2D eigenvalue weighted by molar-refractivity contribution is -0.450. The van der Waals surface area contributed by atoms with Crippen molar-refractivity contribution in [2.24, 2.45) is 10.8 Å². The summed E-state index contributed by atoms with van der Waals surface area (Å²) in [6.45, 7) is 16.1. The summed E-state index contributed by atoms with van der Waals surface area (Å²) in [6, 6.07) is 5.04. The van der Waals surface area contributed by atoms with E-state index in [0.29, 0.717) is 10.5 Å². The van der Waals surface area contributed by atoms with Crippen LogP contribution in [0.25, 0.3) is 0 Å². The Bertz CT molecular complexity index is 1250. The molecular formula is C34H44Br2N2S2+2. The number of rotatable bonds is 8. The predicted molar refractivity (Wildman–Crippen MR) is 185 cm³/mol. The van der Waals surface area contributed by atoms with Crippen LogP contribution in [0.15, 0.2) is 69.5 Å². The predicted octanol–water partition coefficient (Wildman–Crippen LogP) is 10.2. The zero-order valence-corrected chi connectivity index (χ0v) is 29.7. The molecule has 2 nitrogen and oxygen atoms in total. The van der Waals surface area contributed by atoms with Gasteiger partial charge in [-0.05, 0) is 34.8 Å². The Morgan fingerprint density at radius 1 is 0.625 bits per heavy atom. The third-order valence-corrected chi connectivity index (χ3v) is 11.7. The molecule has 0 fully saturated rings. The lowest BCUT2D eigenvalue weighted by Crippen LogP contribution is -2.33. The van der Waals surface area contributed by atoms with Crippen molar-refractivity contribution in [3.63, 3.8) is 0 Å². The average Bonchev–Trinajstić information content (AvgIpc) is 2.90.